The molecular weight excluding hydrogens is 200 g/mol. The molecule has 88 valence electrons. The summed E-state index contributed by atoms with van der Waals surface area (Å²) in [5, 5.41) is 13.8. The van der Waals surface area contributed by atoms with Crippen LogP contribution in [0.2, 0.25) is 0 Å². The molecule has 0 spiro atoms. The summed E-state index contributed by atoms with van der Waals surface area (Å²) in [6.45, 7) is 4.00. The maximum absolute atomic E-state index is 11.1. The Morgan fingerprint density at radius 1 is 1.33 bits per heavy atom. The van der Waals surface area contributed by atoms with Crippen LogP contribution in [0.3, 0.4) is 0 Å². The van der Waals surface area contributed by atoms with E-state index in [0.717, 1.165) is 0 Å². The molecule has 0 aromatic heterocycles. The van der Waals surface area contributed by atoms with Crippen molar-refractivity contribution < 1.29 is 19.4 Å². The molecule has 0 radical (unpaired) electrons. The van der Waals surface area contributed by atoms with Crippen molar-refractivity contribution >= 4 is 12.0 Å². The van der Waals surface area contributed by atoms with E-state index in [0.29, 0.717) is 13.2 Å². The zero-order valence-corrected chi connectivity index (χ0v) is 9.29. The van der Waals surface area contributed by atoms with Crippen molar-refractivity contribution in [1.82, 2.24) is 10.6 Å². The summed E-state index contributed by atoms with van der Waals surface area (Å²) in [5.74, 6) is -0.945. The average molecular weight is 218 g/mol. The second-order valence-corrected chi connectivity index (χ2v) is 3.79. The van der Waals surface area contributed by atoms with E-state index in [-0.39, 0.29) is 12.6 Å². The van der Waals surface area contributed by atoms with Crippen molar-refractivity contribution in [2.75, 3.05) is 26.8 Å². The fourth-order valence-corrected chi connectivity index (χ4v) is 0.706. The third kappa shape index (κ3) is 5.90. The highest BCUT2D eigenvalue weighted by Gasteiger charge is 2.27. The molecule has 15 heavy (non-hydrogen) atoms. The highest BCUT2D eigenvalue weighted by molar-refractivity contribution is 5.77. The van der Waals surface area contributed by atoms with Crippen LogP contribution in [-0.4, -0.2) is 43.9 Å². The van der Waals surface area contributed by atoms with E-state index in [2.05, 4.69) is 10.6 Å². The van der Waals surface area contributed by atoms with E-state index < -0.39 is 11.4 Å². The summed E-state index contributed by atoms with van der Waals surface area (Å²) in [6, 6.07) is -0.388. The highest BCUT2D eigenvalue weighted by Crippen LogP contribution is 2.12. The Balaban J connectivity index is 3.75. The zero-order chi connectivity index (χ0) is 11.9. The predicted molar refractivity (Wildman–Crippen MR) is 54.7 cm³/mol. The number of methoxy groups -OCH3 is 1. The van der Waals surface area contributed by atoms with Crippen LogP contribution in [0.5, 0.6) is 0 Å². The van der Waals surface area contributed by atoms with Gasteiger partial charge in [-0.2, -0.15) is 0 Å². The smallest absolute Gasteiger partial charge is 0.314 e. The Hall–Kier alpha value is -1.30. The zero-order valence-electron chi connectivity index (χ0n) is 9.29. The molecule has 0 bridgehead atoms. The van der Waals surface area contributed by atoms with Gasteiger partial charge in [0.2, 0.25) is 0 Å². The molecule has 3 N–H and O–H groups in total. The van der Waals surface area contributed by atoms with E-state index >= 15 is 0 Å². The third-order valence-electron chi connectivity index (χ3n) is 1.86. The highest BCUT2D eigenvalue weighted by atomic mass is 16.5. The van der Waals surface area contributed by atoms with Gasteiger partial charge in [-0.15, -0.1) is 0 Å². The van der Waals surface area contributed by atoms with E-state index in [9.17, 15) is 9.59 Å². The molecule has 0 aliphatic carbocycles. The second-order valence-electron chi connectivity index (χ2n) is 3.79. The van der Waals surface area contributed by atoms with Crippen LogP contribution >= 0.6 is 0 Å². The van der Waals surface area contributed by atoms with Crippen molar-refractivity contribution in [1.29, 1.82) is 0 Å². The van der Waals surface area contributed by atoms with Crippen molar-refractivity contribution in [2.45, 2.75) is 13.8 Å². The number of carboxylic acid groups (broad SMARTS) is 1. The van der Waals surface area contributed by atoms with Crippen LogP contribution in [0, 0.1) is 5.41 Å². The largest absolute Gasteiger partial charge is 0.481 e. The van der Waals surface area contributed by atoms with Crippen molar-refractivity contribution in [2.24, 2.45) is 5.41 Å². The molecule has 0 heterocycles. The Bertz CT molecular complexity index is 228. The molecule has 2 amide bonds. The van der Waals surface area contributed by atoms with Crippen molar-refractivity contribution in [3.63, 3.8) is 0 Å². The summed E-state index contributed by atoms with van der Waals surface area (Å²) < 4.78 is 4.74. The average Bonchev–Trinajstić information content (AvgIpc) is 2.15. The van der Waals surface area contributed by atoms with Gasteiger partial charge in [0, 0.05) is 20.2 Å². The lowest BCUT2D eigenvalue weighted by Crippen LogP contribution is -2.44. The van der Waals surface area contributed by atoms with Gasteiger partial charge in [0.15, 0.2) is 0 Å². The fraction of sp³-hybridized carbons (Fsp3) is 0.778. The summed E-state index contributed by atoms with van der Waals surface area (Å²) in [7, 11) is 1.53. The molecule has 6 heteroatoms. The number of aliphatic carboxylic acids is 1. The minimum absolute atomic E-state index is 0.0845. The normalized spacial score (nSPS) is 10.9. The number of nitrogens with one attached hydrogen (secondary N) is 2. The second kappa shape index (κ2) is 6.23. The number of carbonyl (C=O) groups excluding carboxylic acids is 1. The standard InChI is InChI=1S/C9H18N2O4/c1-9(2,7(12)13)6-11-8(14)10-4-5-15-3/h4-6H2,1-3H3,(H,12,13)(H2,10,11,14). The van der Waals surface area contributed by atoms with Crippen molar-refractivity contribution in [3.8, 4) is 0 Å². The maximum atomic E-state index is 11.1. The number of urea groups is 1. The van der Waals surface area contributed by atoms with Crippen LogP contribution in [-0.2, 0) is 9.53 Å². The van der Waals surface area contributed by atoms with E-state index in [1.54, 1.807) is 13.8 Å². The molecule has 0 saturated heterocycles. The Kier molecular flexibility index (Phi) is 5.69. The molecule has 0 aromatic carbocycles. The van der Waals surface area contributed by atoms with Gasteiger partial charge < -0.3 is 20.5 Å². The van der Waals surface area contributed by atoms with Crippen LogP contribution in [0.1, 0.15) is 13.8 Å². The first-order chi connectivity index (χ1) is 6.90. The number of rotatable bonds is 6. The fourth-order valence-electron chi connectivity index (χ4n) is 0.706. The number of carboxylic acids is 1. The number of hydrogen-bond donors (Lipinski definition) is 3. The van der Waals surface area contributed by atoms with Gasteiger partial charge >= 0.3 is 12.0 Å². The number of ether oxygens (including phenoxy) is 1. The summed E-state index contributed by atoms with van der Waals surface area (Å²) in [5.41, 5.74) is -0.960. The lowest BCUT2D eigenvalue weighted by molar-refractivity contribution is -0.146. The minimum Gasteiger partial charge on any atom is -0.481 e. The minimum atomic E-state index is -0.960. The van der Waals surface area contributed by atoms with Gasteiger partial charge in [-0.3, -0.25) is 4.79 Å². The monoisotopic (exact) mass is 218 g/mol. The summed E-state index contributed by atoms with van der Waals surface area (Å²) in [6.07, 6.45) is 0. The lowest BCUT2D eigenvalue weighted by Gasteiger charge is -2.19. The van der Waals surface area contributed by atoms with E-state index in [1.165, 1.54) is 7.11 Å². The molecule has 6 nitrogen and oxygen atoms in total. The first-order valence-corrected chi connectivity index (χ1v) is 4.64. The molecule has 0 saturated carbocycles. The molecule has 0 aliphatic heterocycles. The quantitative estimate of drug-likeness (QED) is 0.549. The van der Waals surface area contributed by atoms with Gasteiger partial charge in [0.25, 0.3) is 0 Å². The first-order valence-electron chi connectivity index (χ1n) is 4.64. The van der Waals surface area contributed by atoms with Crippen LogP contribution in [0.4, 0.5) is 4.79 Å². The Labute approximate surface area is 89.0 Å². The molecule has 0 aromatic rings. The van der Waals surface area contributed by atoms with Gasteiger partial charge in [-0.1, -0.05) is 0 Å². The molecule has 0 atom stereocenters. The number of hydrogen-bond acceptors (Lipinski definition) is 3. The molecular formula is C9H18N2O4. The van der Waals surface area contributed by atoms with Gasteiger partial charge in [-0.05, 0) is 13.8 Å². The third-order valence-corrected chi connectivity index (χ3v) is 1.86. The predicted octanol–water partition coefficient (Wildman–Crippen LogP) is 0.0428. The Morgan fingerprint density at radius 3 is 2.40 bits per heavy atom. The Morgan fingerprint density at radius 2 is 1.93 bits per heavy atom. The topological polar surface area (TPSA) is 87.7 Å². The molecule has 0 fully saturated rings. The molecule has 0 aliphatic rings. The summed E-state index contributed by atoms with van der Waals surface area (Å²) in [4.78, 5) is 21.8. The molecule has 0 unspecified atom stereocenters. The number of amides is 2. The van der Waals surface area contributed by atoms with Crippen LogP contribution in [0.25, 0.3) is 0 Å². The summed E-state index contributed by atoms with van der Waals surface area (Å²) >= 11 is 0. The SMILES string of the molecule is COCCNC(=O)NCC(C)(C)C(=O)O. The van der Waals surface area contributed by atoms with Crippen LogP contribution in [0.15, 0.2) is 0 Å². The number of carbonyl (C=O) groups is 2. The van der Waals surface area contributed by atoms with Gasteiger partial charge in [0.1, 0.15) is 0 Å². The van der Waals surface area contributed by atoms with E-state index in [4.69, 9.17) is 9.84 Å². The van der Waals surface area contributed by atoms with Crippen molar-refractivity contribution in [3.05, 3.63) is 0 Å². The van der Waals surface area contributed by atoms with E-state index in [1.807, 2.05) is 0 Å². The van der Waals surface area contributed by atoms with Gasteiger partial charge in [-0.25, -0.2) is 4.79 Å². The van der Waals surface area contributed by atoms with Crippen LogP contribution < -0.4 is 10.6 Å². The van der Waals surface area contributed by atoms with Gasteiger partial charge in [0.05, 0.1) is 12.0 Å². The maximum Gasteiger partial charge on any atom is 0.314 e. The first kappa shape index (κ1) is 13.7. The molecule has 0 rings (SSSR count). The lowest BCUT2D eigenvalue weighted by atomic mass is 9.94.